The van der Waals surface area contributed by atoms with Gasteiger partial charge >= 0.3 is 6.03 Å². The van der Waals surface area contributed by atoms with Crippen LogP contribution in [0.3, 0.4) is 0 Å². The van der Waals surface area contributed by atoms with Crippen molar-refractivity contribution in [2.24, 2.45) is 5.73 Å². The molecule has 1 aliphatic heterocycles. The van der Waals surface area contributed by atoms with Gasteiger partial charge in [0.2, 0.25) is 0 Å². The van der Waals surface area contributed by atoms with Gasteiger partial charge in [-0.3, -0.25) is 0 Å². The summed E-state index contributed by atoms with van der Waals surface area (Å²) in [6, 6.07) is 26.2. The third-order valence-corrected chi connectivity index (χ3v) is 16.3. The summed E-state index contributed by atoms with van der Waals surface area (Å²) >= 11 is 0. The van der Waals surface area contributed by atoms with Crippen LogP contribution in [-0.2, 0) is 14.8 Å². The highest BCUT2D eigenvalue weighted by Crippen LogP contribution is 2.44. The average molecular weight is 712 g/mol. The van der Waals surface area contributed by atoms with E-state index in [4.69, 9.17) is 24.4 Å². The van der Waals surface area contributed by atoms with Gasteiger partial charge in [0.25, 0.3) is 0 Å². The average Bonchev–Trinajstić information content (AvgIpc) is 3.50. The number of benzene rings is 3. The Morgan fingerprint density at radius 3 is 1.94 bits per heavy atom. The zero-order chi connectivity index (χ0) is 34.8. The fourth-order valence-electron chi connectivity index (χ4n) is 5.63. The van der Waals surface area contributed by atoms with Crippen molar-refractivity contribution in [1.29, 1.82) is 0 Å². The molecule has 262 valence electrons. The van der Waals surface area contributed by atoms with Gasteiger partial charge in [0.15, 0.2) is 8.32 Å². The fourth-order valence-corrected chi connectivity index (χ4v) is 8.44. The maximum Gasteiger partial charge on any atom is 0.317 e. The van der Waals surface area contributed by atoms with Crippen molar-refractivity contribution in [3.63, 3.8) is 0 Å². The van der Waals surface area contributed by atoms with Gasteiger partial charge < -0.3 is 34.6 Å². The minimum atomic E-state index is -2.07. The van der Waals surface area contributed by atoms with Gasteiger partial charge in [-0.1, -0.05) is 97.0 Å². The Balaban J connectivity index is 1.70. The molecule has 1 fully saturated rings. The van der Waals surface area contributed by atoms with Crippen LogP contribution in [0.15, 0.2) is 78.9 Å². The number of nitrogens with one attached hydrogen (secondary N) is 1. The molecule has 3 N–H and O–H groups in total. The van der Waals surface area contributed by atoms with Crippen molar-refractivity contribution in [1.82, 2.24) is 10.2 Å². The van der Waals surface area contributed by atoms with E-state index in [0.29, 0.717) is 32.7 Å². The van der Waals surface area contributed by atoms with E-state index in [-0.39, 0.29) is 23.2 Å². The lowest BCUT2D eigenvalue weighted by Crippen LogP contribution is -2.48. The van der Waals surface area contributed by atoms with Gasteiger partial charge in [0.1, 0.15) is 17.1 Å². The van der Waals surface area contributed by atoms with E-state index in [1.807, 2.05) is 47.4 Å². The molecule has 4 rings (SSSR count). The molecule has 11 heteroatoms. The number of methoxy groups -OCH3 is 2. The number of amides is 2. The third kappa shape index (κ3) is 9.31. The minimum Gasteiger partial charge on any atom is -0.497 e. The van der Waals surface area contributed by atoms with Crippen LogP contribution >= 0.6 is 21.6 Å². The number of nitrogens with two attached hydrogens (primary N) is 1. The van der Waals surface area contributed by atoms with Crippen molar-refractivity contribution in [2.75, 3.05) is 52.0 Å². The number of urea groups is 1. The van der Waals surface area contributed by atoms with E-state index < -0.39 is 13.9 Å². The number of ether oxygens (including phenoxy) is 3. The zero-order valence-corrected chi connectivity index (χ0v) is 32.1. The lowest BCUT2D eigenvalue weighted by molar-refractivity contribution is -0.0409. The van der Waals surface area contributed by atoms with Gasteiger partial charge in [-0.2, -0.15) is 0 Å². The summed E-state index contributed by atoms with van der Waals surface area (Å²) in [5.41, 5.74) is 7.57. The lowest BCUT2D eigenvalue weighted by Gasteiger charge is -2.38. The first-order valence-electron chi connectivity index (χ1n) is 16.6. The Hall–Kier alpha value is -2.67. The first-order valence-corrected chi connectivity index (χ1v) is 22.0. The lowest BCUT2D eigenvalue weighted by atomic mass is 9.79. The van der Waals surface area contributed by atoms with Crippen LogP contribution in [0.4, 0.5) is 4.79 Å². The van der Waals surface area contributed by atoms with E-state index in [2.05, 4.69) is 75.6 Å². The van der Waals surface area contributed by atoms with Gasteiger partial charge in [-0.15, -0.1) is 0 Å². The van der Waals surface area contributed by atoms with Crippen LogP contribution in [0.5, 0.6) is 11.5 Å². The highest BCUT2D eigenvalue weighted by atomic mass is 33.1. The highest BCUT2D eigenvalue weighted by molar-refractivity contribution is 8.76. The van der Waals surface area contributed by atoms with Crippen molar-refractivity contribution < 1.29 is 23.4 Å². The first kappa shape index (κ1) is 38.1. The fraction of sp³-hybridized carbons (Fsp3) is 0.486. The molecule has 3 aromatic carbocycles. The maximum atomic E-state index is 13.8. The van der Waals surface area contributed by atoms with E-state index in [1.165, 1.54) is 0 Å². The van der Waals surface area contributed by atoms with E-state index in [1.54, 1.807) is 35.8 Å². The molecular formula is C37H53N3O5S2Si. The molecule has 8 nitrogen and oxygen atoms in total. The first-order chi connectivity index (χ1) is 22.9. The summed E-state index contributed by atoms with van der Waals surface area (Å²) in [7, 11) is 4.73. The number of nitrogens with zero attached hydrogens (tertiary/aromatic N) is 1. The molecule has 0 unspecified atom stereocenters. The van der Waals surface area contributed by atoms with Gasteiger partial charge in [0, 0.05) is 31.1 Å². The quantitative estimate of drug-likeness (QED) is 0.0682. The molecule has 0 saturated carbocycles. The predicted octanol–water partition coefficient (Wildman–Crippen LogP) is 7.53. The number of carbonyl (C=O) groups excluding carboxylic acids is 1. The zero-order valence-electron chi connectivity index (χ0n) is 29.5. The molecule has 0 aromatic heterocycles. The molecule has 2 atom stereocenters. The summed E-state index contributed by atoms with van der Waals surface area (Å²) in [6.45, 7) is 13.3. The largest absolute Gasteiger partial charge is 0.497 e. The second-order valence-corrected chi connectivity index (χ2v) is 21.0. The van der Waals surface area contributed by atoms with Gasteiger partial charge in [-0.25, -0.2) is 4.79 Å². The molecule has 48 heavy (non-hydrogen) atoms. The molecule has 0 aliphatic carbocycles. The number of hydrogen-bond donors (Lipinski definition) is 2. The van der Waals surface area contributed by atoms with Crippen molar-refractivity contribution in [3.05, 3.63) is 95.6 Å². The summed E-state index contributed by atoms with van der Waals surface area (Å²) in [4.78, 5) is 15.7. The Morgan fingerprint density at radius 1 is 0.875 bits per heavy atom. The Bertz CT molecular complexity index is 1370. The van der Waals surface area contributed by atoms with Crippen LogP contribution in [0.2, 0.25) is 18.1 Å². The predicted molar refractivity (Wildman–Crippen MR) is 203 cm³/mol. The Morgan fingerprint density at radius 2 is 1.42 bits per heavy atom. The van der Waals surface area contributed by atoms with Crippen LogP contribution in [0.1, 0.15) is 43.9 Å². The summed E-state index contributed by atoms with van der Waals surface area (Å²) in [5, 5.41) is 3.21. The van der Waals surface area contributed by atoms with E-state index in [0.717, 1.165) is 39.7 Å². The monoisotopic (exact) mass is 711 g/mol. The summed E-state index contributed by atoms with van der Waals surface area (Å²) in [6.07, 6.45) is 0.368. The van der Waals surface area contributed by atoms with Gasteiger partial charge in [-0.05, 0) is 65.5 Å². The van der Waals surface area contributed by atoms with E-state index >= 15 is 0 Å². The SMILES string of the molecule is COc1ccc(C(O[C@H]2C[C@@H](CO[Si](C)(C)C(C)(C)C)N(C(=O)NCCSSCCN)C2)(c2ccccc2)c2ccc(OC)cc2)cc1. The van der Waals surface area contributed by atoms with Crippen molar-refractivity contribution >= 4 is 35.9 Å². The van der Waals surface area contributed by atoms with Gasteiger partial charge in [0.05, 0.1) is 33.0 Å². The van der Waals surface area contributed by atoms with Crippen LogP contribution < -0.4 is 20.5 Å². The molecule has 0 bridgehead atoms. The number of hydrogen-bond acceptors (Lipinski definition) is 8. The molecule has 0 radical (unpaired) electrons. The molecule has 1 saturated heterocycles. The van der Waals surface area contributed by atoms with Crippen molar-refractivity contribution in [3.8, 4) is 11.5 Å². The second kappa shape index (κ2) is 17.3. The normalized spacial score (nSPS) is 17.0. The molecule has 1 aliphatic rings. The maximum absolute atomic E-state index is 13.8. The summed E-state index contributed by atoms with van der Waals surface area (Å²) < 4.78 is 25.2. The second-order valence-electron chi connectivity index (χ2n) is 13.5. The molecule has 0 spiro atoms. The summed E-state index contributed by atoms with van der Waals surface area (Å²) in [5.74, 6) is 3.23. The Kier molecular flexibility index (Phi) is 13.8. The van der Waals surface area contributed by atoms with Crippen molar-refractivity contribution in [2.45, 2.75) is 63.1 Å². The number of likely N-dealkylation sites (tertiary alicyclic amines) is 1. The van der Waals surface area contributed by atoms with Crippen LogP contribution in [0, 0.1) is 0 Å². The van der Waals surface area contributed by atoms with E-state index in [9.17, 15) is 4.79 Å². The number of rotatable bonds is 16. The molecule has 1 heterocycles. The standard InChI is InChI=1S/C37H53N3O5S2Si/c1-36(2,3)48(6,7)44-27-31-25-34(26-40(31)35(41)39-22-24-47-46-23-21-38)45-37(28-11-9-8-10-12-28,29-13-17-32(42-4)18-14-29)30-15-19-33(43-5)20-16-30/h8-20,31,34H,21-27,38H2,1-7H3,(H,39,41)/t31-,34-/m0/s1. The Labute approximate surface area is 296 Å². The van der Waals surface area contributed by atoms with Crippen LogP contribution in [0.25, 0.3) is 0 Å². The highest BCUT2D eigenvalue weighted by Gasteiger charge is 2.46. The number of carbonyl (C=O) groups is 1. The smallest absolute Gasteiger partial charge is 0.317 e. The molecule has 2 amide bonds. The third-order valence-electron chi connectivity index (χ3n) is 9.34. The minimum absolute atomic E-state index is 0.0538. The van der Waals surface area contributed by atoms with Crippen LogP contribution in [-0.4, -0.2) is 83.4 Å². The molecular weight excluding hydrogens is 659 g/mol. The molecule has 3 aromatic rings. The topological polar surface area (TPSA) is 95.3 Å².